The third-order valence-corrected chi connectivity index (χ3v) is 3.09. The lowest BCUT2D eigenvalue weighted by atomic mass is 9.99. The van der Waals surface area contributed by atoms with Crippen LogP contribution in [0.3, 0.4) is 0 Å². The molecule has 0 aliphatic heterocycles. The Hall–Kier alpha value is -0.970. The minimum atomic E-state index is -0.307. The summed E-state index contributed by atoms with van der Waals surface area (Å²) < 4.78 is 5.38. The molecule has 1 aromatic rings. The molecule has 0 amide bonds. The highest BCUT2D eigenvalue weighted by atomic mass is 16.5. The number of hydrogen-bond acceptors (Lipinski definition) is 4. The number of nitrogens with two attached hydrogens (primary N) is 1. The van der Waals surface area contributed by atoms with E-state index in [1.54, 1.807) is 7.11 Å². The maximum absolute atomic E-state index is 6.13. The average Bonchev–Trinajstić information content (AvgIpc) is 2.30. The molecule has 1 heterocycles. The molecule has 1 unspecified atom stereocenters. The van der Waals surface area contributed by atoms with Gasteiger partial charge in [0.1, 0.15) is 0 Å². The molecular formula is C13H23N3O. The third kappa shape index (κ3) is 4.42. The van der Waals surface area contributed by atoms with Crippen LogP contribution in [-0.2, 0) is 11.3 Å². The average molecular weight is 237 g/mol. The first kappa shape index (κ1) is 14.1. The van der Waals surface area contributed by atoms with Crippen molar-refractivity contribution in [3.8, 4) is 0 Å². The second-order valence-corrected chi connectivity index (χ2v) is 4.93. The van der Waals surface area contributed by atoms with Crippen molar-refractivity contribution < 1.29 is 4.74 Å². The Morgan fingerprint density at radius 3 is 2.71 bits per heavy atom. The molecular weight excluding hydrogens is 214 g/mol. The normalized spacial score (nSPS) is 14.0. The van der Waals surface area contributed by atoms with Crippen LogP contribution < -0.4 is 5.73 Å². The fourth-order valence-electron chi connectivity index (χ4n) is 1.54. The lowest BCUT2D eigenvalue weighted by Crippen LogP contribution is -2.50. The highest BCUT2D eigenvalue weighted by molar-refractivity contribution is 5.03. The molecule has 1 rings (SSSR count). The predicted octanol–water partition coefficient (Wildman–Crippen LogP) is 1.27. The molecule has 0 spiro atoms. The molecule has 17 heavy (non-hydrogen) atoms. The zero-order valence-electron chi connectivity index (χ0n) is 11.2. The lowest BCUT2D eigenvalue weighted by Gasteiger charge is -2.32. The van der Waals surface area contributed by atoms with Crippen LogP contribution in [-0.4, -0.2) is 42.2 Å². The first-order valence-electron chi connectivity index (χ1n) is 5.85. The van der Waals surface area contributed by atoms with E-state index in [9.17, 15) is 0 Å². The van der Waals surface area contributed by atoms with E-state index in [-0.39, 0.29) is 11.6 Å². The smallest absolute Gasteiger partial charge is 0.0785 e. The number of rotatable bonds is 6. The van der Waals surface area contributed by atoms with Gasteiger partial charge in [0.05, 0.1) is 11.3 Å². The van der Waals surface area contributed by atoms with Gasteiger partial charge in [-0.1, -0.05) is 6.07 Å². The second-order valence-electron chi connectivity index (χ2n) is 4.93. The maximum atomic E-state index is 6.13. The van der Waals surface area contributed by atoms with Crippen molar-refractivity contribution in [3.05, 3.63) is 30.1 Å². The highest BCUT2D eigenvalue weighted by Crippen LogP contribution is 2.13. The quantitative estimate of drug-likeness (QED) is 0.809. The molecule has 0 bridgehead atoms. The van der Waals surface area contributed by atoms with Gasteiger partial charge in [0.15, 0.2) is 0 Å². The van der Waals surface area contributed by atoms with E-state index in [1.807, 2.05) is 45.3 Å². The molecule has 0 saturated carbocycles. The van der Waals surface area contributed by atoms with Crippen LogP contribution in [0.4, 0.5) is 0 Å². The number of ether oxygens (including phenoxy) is 1. The van der Waals surface area contributed by atoms with Crippen LogP contribution >= 0.6 is 0 Å². The molecule has 4 heteroatoms. The van der Waals surface area contributed by atoms with Gasteiger partial charge in [-0.25, -0.2) is 0 Å². The Kier molecular flexibility index (Phi) is 5.05. The molecule has 0 saturated heterocycles. The molecule has 1 aromatic heterocycles. The van der Waals surface area contributed by atoms with Crippen molar-refractivity contribution >= 4 is 0 Å². The summed E-state index contributed by atoms with van der Waals surface area (Å²) in [6.45, 7) is 5.59. The summed E-state index contributed by atoms with van der Waals surface area (Å²) in [5, 5.41) is 0. The summed E-state index contributed by atoms with van der Waals surface area (Å²) in [6.07, 6.45) is 1.81. The number of methoxy groups -OCH3 is 1. The number of hydrogen-bond donors (Lipinski definition) is 1. The van der Waals surface area contributed by atoms with Crippen molar-refractivity contribution in [1.29, 1.82) is 0 Å². The van der Waals surface area contributed by atoms with Crippen LogP contribution in [0.2, 0.25) is 0 Å². The zero-order valence-corrected chi connectivity index (χ0v) is 11.2. The van der Waals surface area contributed by atoms with Crippen LogP contribution in [0.5, 0.6) is 0 Å². The van der Waals surface area contributed by atoms with Crippen LogP contribution in [0, 0.1) is 0 Å². The largest absolute Gasteiger partial charge is 0.377 e. The standard InChI is InChI=1S/C13H23N3O/c1-13(2,17-4)12(14)10-16(3)9-11-7-5-6-8-15-11/h5-8,12H,9-10,14H2,1-4H3. The first-order chi connectivity index (χ1) is 7.95. The number of likely N-dealkylation sites (N-methyl/N-ethyl adjacent to an activating group) is 1. The minimum absolute atomic E-state index is 0.0267. The van der Waals surface area contributed by atoms with Gasteiger partial charge in [0.25, 0.3) is 0 Å². The fourth-order valence-corrected chi connectivity index (χ4v) is 1.54. The Morgan fingerprint density at radius 1 is 1.47 bits per heavy atom. The second kappa shape index (κ2) is 6.10. The van der Waals surface area contributed by atoms with E-state index < -0.39 is 0 Å². The zero-order chi connectivity index (χ0) is 12.9. The maximum Gasteiger partial charge on any atom is 0.0785 e. The van der Waals surface area contributed by atoms with Gasteiger partial charge < -0.3 is 10.5 Å². The molecule has 0 aromatic carbocycles. The van der Waals surface area contributed by atoms with Crippen molar-refractivity contribution in [1.82, 2.24) is 9.88 Å². The van der Waals surface area contributed by atoms with E-state index in [1.165, 1.54) is 0 Å². The SMILES string of the molecule is COC(C)(C)C(N)CN(C)Cc1ccccn1. The summed E-state index contributed by atoms with van der Waals surface area (Å²) in [5.41, 5.74) is 6.88. The molecule has 2 N–H and O–H groups in total. The van der Waals surface area contributed by atoms with Crippen molar-refractivity contribution in [2.45, 2.75) is 32.0 Å². The van der Waals surface area contributed by atoms with Crippen LogP contribution in [0.25, 0.3) is 0 Å². The van der Waals surface area contributed by atoms with E-state index >= 15 is 0 Å². The van der Waals surface area contributed by atoms with Crippen LogP contribution in [0.15, 0.2) is 24.4 Å². The monoisotopic (exact) mass is 237 g/mol. The highest BCUT2D eigenvalue weighted by Gasteiger charge is 2.26. The molecule has 0 fully saturated rings. The van der Waals surface area contributed by atoms with E-state index in [0.717, 1.165) is 18.8 Å². The summed E-state index contributed by atoms with van der Waals surface area (Å²) in [5.74, 6) is 0. The fraction of sp³-hybridized carbons (Fsp3) is 0.615. The van der Waals surface area contributed by atoms with Gasteiger partial charge in [-0.05, 0) is 33.0 Å². The van der Waals surface area contributed by atoms with E-state index in [0.29, 0.717) is 0 Å². The third-order valence-electron chi connectivity index (χ3n) is 3.09. The summed E-state index contributed by atoms with van der Waals surface area (Å²) in [6, 6.07) is 5.91. The van der Waals surface area contributed by atoms with Gasteiger partial charge in [0.2, 0.25) is 0 Å². The molecule has 4 nitrogen and oxygen atoms in total. The summed E-state index contributed by atoms with van der Waals surface area (Å²) in [7, 11) is 3.74. The van der Waals surface area contributed by atoms with Gasteiger partial charge in [-0.3, -0.25) is 9.88 Å². The van der Waals surface area contributed by atoms with Gasteiger partial charge in [-0.2, -0.15) is 0 Å². The van der Waals surface area contributed by atoms with E-state index in [4.69, 9.17) is 10.5 Å². The minimum Gasteiger partial charge on any atom is -0.377 e. The summed E-state index contributed by atoms with van der Waals surface area (Å²) in [4.78, 5) is 6.46. The number of nitrogens with zero attached hydrogens (tertiary/aromatic N) is 2. The number of aromatic nitrogens is 1. The lowest BCUT2D eigenvalue weighted by molar-refractivity contribution is -0.00728. The summed E-state index contributed by atoms with van der Waals surface area (Å²) >= 11 is 0. The predicted molar refractivity (Wildman–Crippen MR) is 69.6 cm³/mol. The Morgan fingerprint density at radius 2 is 2.18 bits per heavy atom. The first-order valence-corrected chi connectivity index (χ1v) is 5.85. The van der Waals surface area contributed by atoms with Crippen molar-refractivity contribution in [2.75, 3.05) is 20.7 Å². The Balaban J connectivity index is 2.47. The molecule has 0 aliphatic rings. The topological polar surface area (TPSA) is 51.4 Å². The molecule has 0 radical (unpaired) electrons. The molecule has 0 aliphatic carbocycles. The van der Waals surface area contributed by atoms with E-state index in [2.05, 4.69) is 9.88 Å². The van der Waals surface area contributed by atoms with Gasteiger partial charge in [0, 0.05) is 32.4 Å². The van der Waals surface area contributed by atoms with Gasteiger partial charge >= 0.3 is 0 Å². The molecule has 1 atom stereocenters. The van der Waals surface area contributed by atoms with Gasteiger partial charge in [-0.15, -0.1) is 0 Å². The molecule has 96 valence electrons. The van der Waals surface area contributed by atoms with Crippen molar-refractivity contribution in [3.63, 3.8) is 0 Å². The van der Waals surface area contributed by atoms with Crippen LogP contribution in [0.1, 0.15) is 19.5 Å². The Bertz CT molecular complexity index is 327. The van der Waals surface area contributed by atoms with Crippen molar-refractivity contribution in [2.24, 2.45) is 5.73 Å². The number of pyridine rings is 1. The Labute approximate surface area is 104 Å².